The molecule has 186 valence electrons. The molecule has 1 heterocycles. The first-order chi connectivity index (χ1) is 16.2. The average molecular weight is 482 g/mol. The van der Waals surface area contributed by atoms with Crippen molar-refractivity contribution in [2.24, 2.45) is 5.92 Å². The van der Waals surface area contributed by atoms with Gasteiger partial charge in [-0.15, -0.1) is 11.3 Å². The van der Waals surface area contributed by atoms with Crippen LogP contribution in [0.25, 0.3) is 11.3 Å². The van der Waals surface area contributed by atoms with Crippen molar-refractivity contribution in [3.63, 3.8) is 0 Å². The third kappa shape index (κ3) is 5.82. The molecule has 0 radical (unpaired) electrons. The number of thiazole rings is 1. The van der Waals surface area contributed by atoms with E-state index in [-0.39, 0.29) is 17.4 Å². The third-order valence-electron chi connectivity index (χ3n) is 8.50. The lowest BCUT2D eigenvalue weighted by Crippen LogP contribution is -2.33. The molecule has 1 aromatic carbocycles. The summed E-state index contributed by atoms with van der Waals surface area (Å²) in [6.07, 6.45) is 11.2. The molecule has 2 aromatic rings. The zero-order valence-electron chi connectivity index (χ0n) is 21.7. The van der Waals surface area contributed by atoms with E-state index < -0.39 is 0 Å². The van der Waals surface area contributed by atoms with Crippen LogP contribution < -0.4 is 0 Å². The minimum absolute atomic E-state index is 0.217. The van der Waals surface area contributed by atoms with Crippen LogP contribution in [0.4, 0.5) is 0 Å². The van der Waals surface area contributed by atoms with Crippen molar-refractivity contribution >= 4 is 17.1 Å². The summed E-state index contributed by atoms with van der Waals surface area (Å²) in [5, 5.41) is 12.4. The lowest BCUT2D eigenvalue weighted by molar-refractivity contribution is -0.120. The minimum atomic E-state index is 0.217. The Morgan fingerprint density at radius 3 is 2.41 bits per heavy atom. The van der Waals surface area contributed by atoms with Gasteiger partial charge in [0.25, 0.3) is 0 Å². The number of ketones is 1. The number of aliphatic hydroxyl groups excluding tert-OH is 1. The summed E-state index contributed by atoms with van der Waals surface area (Å²) in [6.45, 7) is 9.76. The Kier molecular flexibility index (Phi) is 7.99. The number of Topliss-reactive ketones (excluding diaryl/α,β-unsaturated/α-hetero) is 1. The summed E-state index contributed by atoms with van der Waals surface area (Å²) in [6, 6.07) is 7.05. The van der Waals surface area contributed by atoms with Crippen molar-refractivity contribution < 1.29 is 9.90 Å². The van der Waals surface area contributed by atoms with Gasteiger partial charge in [0.1, 0.15) is 5.78 Å². The fraction of sp³-hybridized carbons (Fsp3) is 0.667. The standard InChI is InChI=1S/C30H43NO2S/c1-29(2)15-16-30(3,4)26-19-23(13-14-25(26)29)27-20-34-28(31-27)22-11-9-21(10-12-22)18-24(33)8-6-5-7-17-32/h13-14,19-22,32H,5-12,15-18H2,1-4H3. The molecule has 0 saturated heterocycles. The first-order valence-electron chi connectivity index (χ1n) is 13.4. The van der Waals surface area contributed by atoms with Crippen LogP contribution in [-0.2, 0) is 15.6 Å². The van der Waals surface area contributed by atoms with Gasteiger partial charge >= 0.3 is 0 Å². The topological polar surface area (TPSA) is 50.2 Å². The van der Waals surface area contributed by atoms with Crippen LogP contribution in [0.1, 0.15) is 120 Å². The number of hydrogen-bond acceptors (Lipinski definition) is 4. The number of nitrogens with zero attached hydrogens (tertiary/aromatic N) is 1. The lowest BCUT2D eigenvalue weighted by atomic mass is 9.63. The van der Waals surface area contributed by atoms with Crippen molar-refractivity contribution in [1.82, 2.24) is 4.98 Å². The molecule has 0 unspecified atom stereocenters. The van der Waals surface area contributed by atoms with Crippen LogP contribution in [0.2, 0.25) is 0 Å². The maximum absolute atomic E-state index is 12.3. The van der Waals surface area contributed by atoms with Crippen molar-refractivity contribution in [3.8, 4) is 11.3 Å². The summed E-state index contributed by atoms with van der Waals surface area (Å²) in [4.78, 5) is 17.4. The van der Waals surface area contributed by atoms with Gasteiger partial charge in [-0.05, 0) is 85.3 Å². The molecule has 1 N–H and O–H groups in total. The molecule has 0 aliphatic heterocycles. The second kappa shape index (κ2) is 10.6. The molecular formula is C30H43NO2S. The highest BCUT2D eigenvalue weighted by molar-refractivity contribution is 7.10. The molecule has 3 nitrogen and oxygen atoms in total. The van der Waals surface area contributed by atoms with Gasteiger partial charge < -0.3 is 5.11 Å². The van der Waals surface area contributed by atoms with E-state index in [9.17, 15) is 4.79 Å². The molecule has 0 amide bonds. The third-order valence-corrected chi connectivity index (χ3v) is 9.50. The number of hydrogen-bond donors (Lipinski definition) is 1. The predicted molar refractivity (Wildman–Crippen MR) is 143 cm³/mol. The van der Waals surface area contributed by atoms with E-state index in [1.807, 2.05) is 11.3 Å². The van der Waals surface area contributed by atoms with Gasteiger partial charge in [-0.1, -0.05) is 46.2 Å². The van der Waals surface area contributed by atoms with Gasteiger partial charge in [-0.2, -0.15) is 0 Å². The van der Waals surface area contributed by atoms with Gasteiger partial charge in [0, 0.05) is 36.3 Å². The molecule has 0 spiro atoms. The van der Waals surface area contributed by atoms with Gasteiger partial charge in [0.2, 0.25) is 0 Å². The minimum Gasteiger partial charge on any atom is -0.396 e. The molecule has 1 fully saturated rings. The van der Waals surface area contributed by atoms with Crippen LogP contribution >= 0.6 is 11.3 Å². The molecule has 1 aromatic heterocycles. The first-order valence-corrected chi connectivity index (χ1v) is 14.3. The van der Waals surface area contributed by atoms with E-state index in [0.717, 1.165) is 57.1 Å². The molecule has 4 heteroatoms. The number of unbranched alkanes of at least 4 members (excludes halogenated alkanes) is 2. The number of carbonyl (C=O) groups is 1. The maximum atomic E-state index is 12.3. The van der Waals surface area contributed by atoms with E-state index in [2.05, 4.69) is 51.3 Å². The Morgan fingerprint density at radius 1 is 1.00 bits per heavy atom. The first kappa shape index (κ1) is 25.6. The predicted octanol–water partition coefficient (Wildman–Crippen LogP) is 7.94. The van der Waals surface area contributed by atoms with Crippen LogP contribution in [0.15, 0.2) is 23.6 Å². The monoisotopic (exact) mass is 481 g/mol. The summed E-state index contributed by atoms with van der Waals surface area (Å²) in [5.74, 6) is 1.51. The van der Waals surface area contributed by atoms with Crippen LogP contribution in [0, 0.1) is 5.92 Å². The molecule has 4 rings (SSSR count). The fourth-order valence-corrected chi connectivity index (χ4v) is 7.00. The van der Waals surface area contributed by atoms with E-state index in [0.29, 0.717) is 24.0 Å². The SMILES string of the molecule is CC1(C)CCC(C)(C)c2cc(-c3csc(C4CCC(CC(=O)CCCCCO)CC4)n3)ccc21. The summed E-state index contributed by atoms with van der Waals surface area (Å²) in [5.41, 5.74) is 5.85. The van der Waals surface area contributed by atoms with E-state index in [1.54, 1.807) is 0 Å². The van der Waals surface area contributed by atoms with E-state index in [1.165, 1.54) is 34.5 Å². The number of carbonyl (C=O) groups excluding carboxylic acids is 1. The highest BCUT2D eigenvalue weighted by Crippen LogP contribution is 2.47. The maximum Gasteiger partial charge on any atom is 0.133 e. The molecule has 2 aliphatic carbocycles. The fourth-order valence-electron chi connectivity index (χ4n) is 6.00. The largest absolute Gasteiger partial charge is 0.396 e. The quantitative estimate of drug-likeness (QED) is 0.370. The van der Waals surface area contributed by atoms with Gasteiger partial charge in [0.05, 0.1) is 10.7 Å². The van der Waals surface area contributed by atoms with Crippen LogP contribution in [0.3, 0.4) is 0 Å². The molecular weight excluding hydrogens is 438 g/mol. The van der Waals surface area contributed by atoms with E-state index in [4.69, 9.17) is 10.1 Å². The molecule has 0 bridgehead atoms. The normalized spacial score (nSPS) is 23.4. The van der Waals surface area contributed by atoms with Gasteiger partial charge in [-0.3, -0.25) is 4.79 Å². The molecule has 34 heavy (non-hydrogen) atoms. The summed E-state index contributed by atoms with van der Waals surface area (Å²) >= 11 is 1.82. The Bertz CT molecular complexity index is 981. The Labute approximate surface area is 210 Å². The summed E-state index contributed by atoms with van der Waals surface area (Å²) < 4.78 is 0. The van der Waals surface area contributed by atoms with Gasteiger partial charge in [0.15, 0.2) is 0 Å². The zero-order chi connectivity index (χ0) is 24.3. The smallest absolute Gasteiger partial charge is 0.133 e. The van der Waals surface area contributed by atoms with Crippen molar-refractivity contribution in [2.75, 3.05) is 6.61 Å². The second-order valence-electron chi connectivity index (χ2n) is 12.1. The van der Waals surface area contributed by atoms with Gasteiger partial charge in [-0.25, -0.2) is 4.98 Å². The Hall–Kier alpha value is -1.52. The number of benzene rings is 1. The molecule has 2 aliphatic rings. The van der Waals surface area contributed by atoms with Crippen LogP contribution in [0.5, 0.6) is 0 Å². The Balaban J connectivity index is 1.36. The van der Waals surface area contributed by atoms with E-state index >= 15 is 0 Å². The highest BCUT2D eigenvalue weighted by Gasteiger charge is 2.37. The average Bonchev–Trinajstić information content (AvgIpc) is 3.31. The Morgan fingerprint density at radius 2 is 1.71 bits per heavy atom. The summed E-state index contributed by atoms with van der Waals surface area (Å²) in [7, 11) is 0. The van der Waals surface area contributed by atoms with Crippen molar-refractivity contribution in [2.45, 2.75) is 115 Å². The number of rotatable bonds is 9. The molecule has 0 atom stereocenters. The number of aromatic nitrogens is 1. The number of aliphatic hydroxyl groups is 1. The number of fused-ring (bicyclic) bond motifs is 1. The lowest BCUT2D eigenvalue weighted by Gasteiger charge is -2.42. The second-order valence-corrected chi connectivity index (χ2v) is 13.0. The van der Waals surface area contributed by atoms with Crippen LogP contribution in [-0.4, -0.2) is 22.5 Å². The van der Waals surface area contributed by atoms with Crippen molar-refractivity contribution in [1.29, 1.82) is 0 Å². The zero-order valence-corrected chi connectivity index (χ0v) is 22.5. The highest BCUT2D eigenvalue weighted by atomic mass is 32.1. The molecule has 1 saturated carbocycles. The van der Waals surface area contributed by atoms with Crippen molar-refractivity contribution in [3.05, 3.63) is 39.7 Å².